The van der Waals surface area contributed by atoms with E-state index in [1.54, 1.807) is 9.80 Å². The van der Waals surface area contributed by atoms with E-state index in [1.807, 2.05) is 4.90 Å². The maximum atomic E-state index is 13.3. The second-order valence-electron chi connectivity index (χ2n) is 7.74. The Morgan fingerprint density at radius 3 is 2.44 bits per heavy atom. The number of rotatable bonds is 3. The molecule has 0 aromatic rings. The number of hydrogen-bond acceptors (Lipinski definition) is 4. The number of likely N-dealkylation sites (tertiary alicyclic amines) is 3. The fourth-order valence-corrected chi connectivity index (χ4v) is 4.24. The number of carbonyl (C=O) groups excluding carboxylic acids is 2. The standard InChI is InChI=1S/C17H27F2N3O3/c1-13(23)22-7-2-3-14(22)15(24)21-10-4-16(25,12-21)11-20-8-5-17(18,19)6-9-20/h14,25H,2-12H2,1H3/t14-,16+/m0/s1. The summed E-state index contributed by atoms with van der Waals surface area (Å²) in [6.45, 7) is 3.58. The highest BCUT2D eigenvalue weighted by Crippen LogP contribution is 2.31. The first kappa shape index (κ1) is 18.5. The van der Waals surface area contributed by atoms with Crippen molar-refractivity contribution in [3.8, 4) is 0 Å². The normalized spacial score (nSPS) is 33.0. The van der Waals surface area contributed by atoms with E-state index in [-0.39, 0.29) is 44.3 Å². The van der Waals surface area contributed by atoms with Gasteiger partial charge < -0.3 is 14.9 Å². The minimum atomic E-state index is -2.60. The summed E-state index contributed by atoms with van der Waals surface area (Å²) in [5.41, 5.74) is -1.05. The summed E-state index contributed by atoms with van der Waals surface area (Å²) in [4.78, 5) is 29.5. The van der Waals surface area contributed by atoms with Crippen molar-refractivity contribution in [3.05, 3.63) is 0 Å². The highest BCUT2D eigenvalue weighted by molar-refractivity contribution is 5.87. The lowest BCUT2D eigenvalue weighted by atomic mass is 10.00. The van der Waals surface area contributed by atoms with Gasteiger partial charge in [0.15, 0.2) is 0 Å². The number of hydrogen-bond donors (Lipinski definition) is 1. The summed E-state index contributed by atoms with van der Waals surface area (Å²) in [5, 5.41) is 10.8. The summed E-state index contributed by atoms with van der Waals surface area (Å²) in [6.07, 6.45) is 1.56. The number of piperidine rings is 1. The molecule has 2 atom stereocenters. The van der Waals surface area contributed by atoms with E-state index in [9.17, 15) is 23.5 Å². The molecule has 6 nitrogen and oxygen atoms in total. The van der Waals surface area contributed by atoms with Crippen molar-refractivity contribution >= 4 is 11.8 Å². The summed E-state index contributed by atoms with van der Waals surface area (Å²) in [6, 6.07) is -0.423. The van der Waals surface area contributed by atoms with Crippen molar-refractivity contribution in [2.24, 2.45) is 0 Å². The van der Waals surface area contributed by atoms with Crippen LogP contribution in [0, 0.1) is 0 Å². The predicted molar refractivity (Wildman–Crippen MR) is 87.2 cm³/mol. The third-order valence-corrected chi connectivity index (χ3v) is 5.69. The molecule has 0 radical (unpaired) electrons. The van der Waals surface area contributed by atoms with Crippen molar-refractivity contribution in [2.45, 2.75) is 56.6 Å². The van der Waals surface area contributed by atoms with Gasteiger partial charge in [-0.05, 0) is 19.3 Å². The highest BCUT2D eigenvalue weighted by Gasteiger charge is 2.44. The third kappa shape index (κ3) is 4.11. The van der Waals surface area contributed by atoms with Crippen LogP contribution in [0.4, 0.5) is 8.78 Å². The zero-order chi connectivity index (χ0) is 18.2. The lowest BCUT2D eigenvalue weighted by Gasteiger charge is -2.36. The van der Waals surface area contributed by atoms with E-state index in [4.69, 9.17) is 0 Å². The van der Waals surface area contributed by atoms with Gasteiger partial charge in [-0.25, -0.2) is 8.78 Å². The van der Waals surface area contributed by atoms with E-state index in [0.717, 1.165) is 6.42 Å². The molecule has 0 aromatic heterocycles. The van der Waals surface area contributed by atoms with E-state index >= 15 is 0 Å². The Labute approximate surface area is 146 Å². The third-order valence-electron chi connectivity index (χ3n) is 5.69. The van der Waals surface area contributed by atoms with Gasteiger partial charge in [0.2, 0.25) is 11.8 Å². The van der Waals surface area contributed by atoms with Crippen LogP contribution in [0.15, 0.2) is 0 Å². The average molecular weight is 359 g/mol. The number of β-amino-alcohol motifs (C(OH)–C–C–N with tert-alkyl or cyclic N) is 1. The Morgan fingerprint density at radius 2 is 1.80 bits per heavy atom. The average Bonchev–Trinajstić information content (AvgIpc) is 3.16. The Bertz CT molecular complexity index is 535. The fourth-order valence-electron chi connectivity index (χ4n) is 4.24. The van der Waals surface area contributed by atoms with Gasteiger partial charge in [0, 0.05) is 52.5 Å². The molecule has 0 unspecified atom stereocenters. The van der Waals surface area contributed by atoms with Gasteiger partial charge in [-0.15, -0.1) is 0 Å². The molecule has 3 aliphatic rings. The molecule has 8 heteroatoms. The van der Waals surface area contributed by atoms with Crippen molar-refractivity contribution < 1.29 is 23.5 Å². The molecule has 25 heavy (non-hydrogen) atoms. The molecular weight excluding hydrogens is 332 g/mol. The van der Waals surface area contributed by atoms with Gasteiger partial charge in [0.1, 0.15) is 6.04 Å². The van der Waals surface area contributed by atoms with Gasteiger partial charge in [-0.2, -0.15) is 0 Å². The molecule has 2 amide bonds. The van der Waals surface area contributed by atoms with Gasteiger partial charge in [0.25, 0.3) is 5.92 Å². The zero-order valence-electron chi connectivity index (χ0n) is 14.7. The van der Waals surface area contributed by atoms with Crippen LogP contribution in [-0.4, -0.2) is 88.5 Å². The minimum absolute atomic E-state index is 0.0976. The highest BCUT2D eigenvalue weighted by atomic mass is 19.3. The summed E-state index contributed by atoms with van der Waals surface area (Å²) >= 11 is 0. The molecular formula is C17H27F2N3O3. The zero-order valence-corrected chi connectivity index (χ0v) is 14.7. The smallest absolute Gasteiger partial charge is 0.250 e. The van der Waals surface area contributed by atoms with Gasteiger partial charge in [-0.3, -0.25) is 14.5 Å². The summed E-state index contributed by atoms with van der Waals surface area (Å²) < 4.78 is 26.5. The topological polar surface area (TPSA) is 64.1 Å². The number of nitrogens with zero attached hydrogens (tertiary/aromatic N) is 3. The van der Waals surface area contributed by atoms with Crippen molar-refractivity contribution in [3.63, 3.8) is 0 Å². The van der Waals surface area contributed by atoms with Gasteiger partial charge >= 0.3 is 0 Å². The van der Waals surface area contributed by atoms with Crippen molar-refractivity contribution in [1.29, 1.82) is 0 Å². The van der Waals surface area contributed by atoms with E-state index in [1.165, 1.54) is 6.92 Å². The molecule has 3 fully saturated rings. The van der Waals surface area contributed by atoms with Crippen LogP contribution in [0.2, 0.25) is 0 Å². The quantitative estimate of drug-likeness (QED) is 0.805. The maximum absolute atomic E-state index is 13.3. The largest absolute Gasteiger partial charge is 0.387 e. The molecule has 1 N–H and O–H groups in total. The number of alkyl halides is 2. The van der Waals surface area contributed by atoms with Crippen LogP contribution < -0.4 is 0 Å². The van der Waals surface area contributed by atoms with E-state index < -0.39 is 17.6 Å². The molecule has 0 bridgehead atoms. The molecule has 3 rings (SSSR count). The number of aliphatic hydroxyl groups is 1. The van der Waals surface area contributed by atoms with Gasteiger partial charge in [0.05, 0.1) is 12.1 Å². The van der Waals surface area contributed by atoms with Crippen LogP contribution in [0.25, 0.3) is 0 Å². The van der Waals surface area contributed by atoms with Crippen LogP contribution in [0.3, 0.4) is 0 Å². The molecule has 0 saturated carbocycles. The van der Waals surface area contributed by atoms with Gasteiger partial charge in [-0.1, -0.05) is 0 Å². The molecule has 0 aromatic carbocycles. The number of amides is 2. The number of halogens is 2. The van der Waals surface area contributed by atoms with Crippen molar-refractivity contribution in [1.82, 2.24) is 14.7 Å². The van der Waals surface area contributed by atoms with Crippen LogP contribution in [0.5, 0.6) is 0 Å². The second kappa shape index (κ2) is 6.79. The minimum Gasteiger partial charge on any atom is -0.387 e. The summed E-state index contributed by atoms with van der Waals surface area (Å²) in [7, 11) is 0. The van der Waals surface area contributed by atoms with Crippen LogP contribution in [0.1, 0.15) is 39.0 Å². The molecule has 3 aliphatic heterocycles. The number of carbonyl (C=O) groups is 2. The fraction of sp³-hybridized carbons (Fsp3) is 0.882. The first-order valence-corrected chi connectivity index (χ1v) is 9.08. The molecule has 3 heterocycles. The first-order chi connectivity index (χ1) is 11.7. The molecule has 3 saturated heterocycles. The predicted octanol–water partition coefficient (Wildman–Crippen LogP) is 0.692. The Hall–Kier alpha value is -1.28. The molecule has 142 valence electrons. The van der Waals surface area contributed by atoms with Crippen molar-refractivity contribution in [2.75, 3.05) is 39.3 Å². The Kier molecular flexibility index (Phi) is 5.03. The molecule has 0 aliphatic carbocycles. The lowest BCUT2D eigenvalue weighted by Crippen LogP contribution is -2.51. The lowest BCUT2D eigenvalue weighted by molar-refractivity contribution is -0.142. The summed E-state index contributed by atoms with van der Waals surface area (Å²) in [5.74, 6) is -2.80. The maximum Gasteiger partial charge on any atom is 0.250 e. The van der Waals surface area contributed by atoms with E-state index in [2.05, 4.69) is 0 Å². The SMILES string of the molecule is CC(=O)N1CCC[C@H]1C(=O)N1CC[C@@](O)(CN2CCC(F)(F)CC2)C1. The Balaban J connectivity index is 1.55. The molecule has 0 spiro atoms. The monoisotopic (exact) mass is 359 g/mol. The first-order valence-electron chi connectivity index (χ1n) is 9.08. The van der Waals surface area contributed by atoms with Crippen LogP contribution >= 0.6 is 0 Å². The van der Waals surface area contributed by atoms with Crippen LogP contribution in [-0.2, 0) is 9.59 Å². The second-order valence-corrected chi connectivity index (χ2v) is 7.74. The van der Waals surface area contributed by atoms with E-state index in [0.29, 0.717) is 32.5 Å². The Morgan fingerprint density at radius 1 is 1.12 bits per heavy atom.